The molecular formula is C31H30F3N3O5S. The fourth-order valence-electron chi connectivity index (χ4n) is 5.50. The highest BCUT2D eigenvalue weighted by Gasteiger charge is 2.57. The van der Waals surface area contributed by atoms with E-state index in [1.807, 2.05) is 23.6 Å². The molecule has 12 heteroatoms. The van der Waals surface area contributed by atoms with Crippen molar-refractivity contribution in [3.05, 3.63) is 81.7 Å². The number of nitriles is 1. The molecule has 0 radical (unpaired) electrons. The molecule has 0 bridgehead atoms. The lowest BCUT2D eigenvalue weighted by molar-refractivity contribution is -0.272. The quantitative estimate of drug-likeness (QED) is 0.242. The Morgan fingerprint density at radius 2 is 1.91 bits per heavy atom. The molecule has 1 fully saturated rings. The second kappa shape index (κ2) is 12.3. The number of aliphatic carboxylic acids is 1. The first-order chi connectivity index (χ1) is 20.5. The van der Waals surface area contributed by atoms with E-state index in [1.54, 1.807) is 33.7 Å². The number of rotatable bonds is 10. The van der Waals surface area contributed by atoms with E-state index in [4.69, 9.17) is 14.6 Å². The Hall–Kier alpha value is -4.05. The summed E-state index contributed by atoms with van der Waals surface area (Å²) in [6, 6.07) is 15.1. The maximum absolute atomic E-state index is 14.8. The molecule has 2 aromatic heterocycles. The number of nitrogens with zero attached hydrogens (tertiary/aromatic N) is 3. The predicted molar refractivity (Wildman–Crippen MR) is 154 cm³/mol. The summed E-state index contributed by atoms with van der Waals surface area (Å²) in [6.07, 6.45) is -3.24. The molecule has 3 heterocycles. The van der Waals surface area contributed by atoms with Gasteiger partial charge in [-0.25, -0.2) is 0 Å². The third-order valence-electron chi connectivity index (χ3n) is 7.70. The fraction of sp³-hybridized carbons (Fsp3) is 0.355. The molecule has 0 saturated carbocycles. The maximum Gasteiger partial charge on any atom is 0.422 e. The maximum atomic E-state index is 14.8. The standard InChI is InChI=1S/C31H30F3N3O5S/c1-41-28-14-20(15-29(38)39)5-7-27(28)42-22-8-10-36(11-9-22)19-30(40,31(32,33)34)25-18-37(17-23-3-2-12-43-23)26-13-21(16-35)4-6-24(25)26/h2-7,12-14,18,22,40H,8-11,15,17,19H2,1H3,(H,38,39). The Balaban J connectivity index is 1.36. The van der Waals surface area contributed by atoms with Crippen LogP contribution in [-0.4, -0.2) is 64.7 Å². The van der Waals surface area contributed by atoms with E-state index in [9.17, 15) is 28.3 Å². The van der Waals surface area contributed by atoms with Crippen molar-refractivity contribution in [1.29, 1.82) is 5.26 Å². The molecule has 1 unspecified atom stereocenters. The molecule has 1 aliphatic rings. The van der Waals surface area contributed by atoms with E-state index in [-0.39, 0.29) is 36.6 Å². The molecule has 0 aliphatic carbocycles. The van der Waals surface area contributed by atoms with Gasteiger partial charge in [-0.1, -0.05) is 18.2 Å². The van der Waals surface area contributed by atoms with Crippen molar-refractivity contribution < 1.29 is 37.7 Å². The van der Waals surface area contributed by atoms with Crippen LogP contribution in [0.15, 0.2) is 60.1 Å². The predicted octanol–water partition coefficient (Wildman–Crippen LogP) is 5.55. The zero-order valence-corrected chi connectivity index (χ0v) is 24.1. The lowest BCUT2D eigenvalue weighted by Gasteiger charge is -2.39. The molecule has 43 heavy (non-hydrogen) atoms. The smallest absolute Gasteiger partial charge is 0.422 e. The molecule has 5 rings (SSSR count). The first-order valence-corrected chi connectivity index (χ1v) is 14.5. The molecule has 1 aliphatic heterocycles. The van der Waals surface area contributed by atoms with Crippen LogP contribution < -0.4 is 9.47 Å². The number of β-amino-alcohol motifs (C(OH)–C–C–N with tert-alkyl or cyclic N) is 1. The molecule has 1 saturated heterocycles. The van der Waals surface area contributed by atoms with Gasteiger partial charge < -0.3 is 24.3 Å². The number of ether oxygens (including phenoxy) is 2. The number of halogens is 3. The van der Waals surface area contributed by atoms with Gasteiger partial charge in [0.05, 0.1) is 37.2 Å². The molecule has 226 valence electrons. The number of carboxylic acid groups (broad SMARTS) is 1. The Labute approximate surface area is 250 Å². The topological polar surface area (TPSA) is 108 Å². The van der Waals surface area contributed by atoms with Crippen molar-refractivity contribution in [2.75, 3.05) is 26.7 Å². The van der Waals surface area contributed by atoms with Crippen LogP contribution in [0.4, 0.5) is 13.2 Å². The summed E-state index contributed by atoms with van der Waals surface area (Å²) in [5, 5.41) is 32.0. The number of carboxylic acids is 1. The van der Waals surface area contributed by atoms with Crippen molar-refractivity contribution in [2.45, 2.75) is 43.7 Å². The minimum Gasteiger partial charge on any atom is -0.493 e. The van der Waals surface area contributed by atoms with E-state index >= 15 is 0 Å². The van der Waals surface area contributed by atoms with Gasteiger partial charge in [-0.05, 0) is 54.1 Å². The highest BCUT2D eigenvalue weighted by atomic mass is 32.1. The summed E-state index contributed by atoms with van der Waals surface area (Å²) in [6.45, 7) is 0.165. The fourth-order valence-corrected chi connectivity index (χ4v) is 6.20. The van der Waals surface area contributed by atoms with Crippen LogP contribution in [0, 0.1) is 11.3 Å². The van der Waals surface area contributed by atoms with E-state index in [1.165, 1.54) is 36.8 Å². The molecule has 4 aromatic rings. The van der Waals surface area contributed by atoms with Crippen LogP contribution in [0.5, 0.6) is 11.5 Å². The number of hydrogen-bond donors (Lipinski definition) is 2. The average molecular weight is 614 g/mol. The monoisotopic (exact) mass is 613 g/mol. The summed E-state index contributed by atoms with van der Waals surface area (Å²) < 4.78 is 57.4. The number of aliphatic hydroxyl groups is 1. The second-order valence-electron chi connectivity index (χ2n) is 10.6. The zero-order chi connectivity index (χ0) is 30.8. The summed E-state index contributed by atoms with van der Waals surface area (Å²) in [4.78, 5) is 13.5. The molecule has 0 amide bonds. The summed E-state index contributed by atoms with van der Waals surface area (Å²) in [5.74, 6) is -0.163. The van der Waals surface area contributed by atoms with Crippen molar-refractivity contribution >= 4 is 28.2 Å². The minimum absolute atomic E-state index is 0.163. The Morgan fingerprint density at radius 1 is 1.14 bits per heavy atom. The van der Waals surface area contributed by atoms with E-state index < -0.39 is 24.3 Å². The second-order valence-corrected chi connectivity index (χ2v) is 11.6. The van der Waals surface area contributed by atoms with Gasteiger partial charge in [0, 0.05) is 41.7 Å². The van der Waals surface area contributed by atoms with Crippen LogP contribution in [0.3, 0.4) is 0 Å². The van der Waals surface area contributed by atoms with Gasteiger partial charge >= 0.3 is 12.1 Å². The number of piperidine rings is 1. The zero-order valence-electron chi connectivity index (χ0n) is 23.3. The van der Waals surface area contributed by atoms with Crippen molar-refractivity contribution in [3.8, 4) is 17.6 Å². The number of fused-ring (bicyclic) bond motifs is 1. The van der Waals surface area contributed by atoms with Gasteiger partial charge in [-0.15, -0.1) is 11.3 Å². The van der Waals surface area contributed by atoms with Gasteiger partial charge in [0.1, 0.15) is 6.10 Å². The Morgan fingerprint density at radius 3 is 2.53 bits per heavy atom. The number of hydrogen-bond acceptors (Lipinski definition) is 7. The van der Waals surface area contributed by atoms with Crippen molar-refractivity contribution in [2.24, 2.45) is 0 Å². The SMILES string of the molecule is COc1cc(CC(=O)O)ccc1OC1CCN(CC(O)(c2cn(Cc3cccs3)c3cc(C#N)ccc23)C(F)(F)F)CC1. The lowest BCUT2D eigenvalue weighted by Crippen LogP contribution is -2.53. The Kier molecular flexibility index (Phi) is 8.69. The number of likely N-dealkylation sites (tertiary alicyclic amines) is 1. The largest absolute Gasteiger partial charge is 0.493 e. The van der Waals surface area contributed by atoms with E-state index in [2.05, 4.69) is 0 Å². The first-order valence-electron chi connectivity index (χ1n) is 13.6. The third-order valence-corrected chi connectivity index (χ3v) is 8.56. The highest BCUT2D eigenvalue weighted by molar-refractivity contribution is 7.09. The Bertz CT molecular complexity index is 1640. The summed E-state index contributed by atoms with van der Waals surface area (Å²) in [5.41, 5.74) is -2.09. The van der Waals surface area contributed by atoms with Crippen LogP contribution >= 0.6 is 11.3 Å². The van der Waals surface area contributed by atoms with Gasteiger partial charge in [-0.2, -0.15) is 18.4 Å². The number of thiophene rings is 1. The lowest BCUT2D eigenvalue weighted by atomic mass is 9.90. The normalized spacial score (nSPS) is 16.1. The summed E-state index contributed by atoms with van der Waals surface area (Å²) in [7, 11) is 1.45. The number of carbonyl (C=O) groups is 1. The number of aromatic nitrogens is 1. The van der Waals surface area contributed by atoms with E-state index in [0.29, 0.717) is 47.5 Å². The minimum atomic E-state index is -4.97. The van der Waals surface area contributed by atoms with Gasteiger partial charge in [0.25, 0.3) is 0 Å². The molecule has 1 atom stereocenters. The first kappa shape index (κ1) is 30.4. The van der Waals surface area contributed by atoms with Crippen molar-refractivity contribution in [1.82, 2.24) is 9.47 Å². The highest BCUT2D eigenvalue weighted by Crippen LogP contribution is 2.44. The number of benzene rings is 2. The number of methoxy groups -OCH3 is 1. The van der Waals surface area contributed by atoms with Crippen LogP contribution in [0.1, 0.15) is 34.4 Å². The molecule has 8 nitrogen and oxygen atoms in total. The van der Waals surface area contributed by atoms with Crippen molar-refractivity contribution in [3.63, 3.8) is 0 Å². The van der Waals surface area contributed by atoms with Crippen LogP contribution in [0.25, 0.3) is 10.9 Å². The van der Waals surface area contributed by atoms with Gasteiger partial charge in [-0.3, -0.25) is 9.69 Å². The van der Waals surface area contributed by atoms with E-state index in [0.717, 1.165) is 4.88 Å². The molecule has 0 spiro atoms. The van der Waals surface area contributed by atoms with Gasteiger partial charge in [0.15, 0.2) is 11.5 Å². The van der Waals surface area contributed by atoms with Crippen LogP contribution in [-0.2, 0) is 23.4 Å². The molecular weight excluding hydrogens is 583 g/mol. The third kappa shape index (κ3) is 6.49. The van der Waals surface area contributed by atoms with Gasteiger partial charge in [0.2, 0.25) is 5.60 Å². The summed E-state index contributed by atoms with van der Waals surface area (Å²) >= 11 is 1.47. The van der Waals surface area contributed by atoms with Crippen LogP contribution in [0.2, 0.25) is 0 Å². The average Bonchev–Trinajstić information content (AvgIpc) is 3.62. The molecule has 2 N–H and O–H groups in total. The number of alkyl halides is 3. The molecule has 2 aromatic carbocycles.